The summed E-state index contributed by atoms with van der Waals surface area (Å²) in [4.78, 5) is 0. The van der Waals surface area contributed by atoms with Gasteiger partial charge in [-0.2, -0.15) is 0 Å². The lowest BCUT2D eigenvalue weighted by Crippen LogP contribution is -2.35. The van der Waals surface area contributed by atoms with Crippen molar-refractivity contribution < 1.29 is 9.47 Å². The number of ether oxygens (including phenoxy) is 2. The van der Waals surface area contributed by atoms with Crippen LogP contribution in [-0.2, 0) is 11.3 Å². The summed E-state index contributed by atoms with van der Waals surface area (Å²) in [5, 5.41) is 3.53. The van der Waals surface area contributed by atoms with E-state index in [1.54, 1.807) is 7.11 Å². The fourth-order valence-electron chi connectivity index (χ4n) is 2.73. The molecule has 1 aromatic carbocycles. The number of benzene rings is 1. The molecule has 118 valence electrons. The summed E-state index contributed by atoms with van der Waals surface area (Å²) in [6.45, 7) is 7.38. The summed E-state index contributed by atoms with van der Waals surface area (Å²) in [5.74, 6) is 1.01. The van der Waals surface area contributed by atoms with E-state index in [4.69, 9.17) is 9.47 Å². The molecule has 1 N–H and O–H groups in total. The van der Waals surface area contributed by atoms with Crippen LogP contribution in [0.1, 0.15) is 52.0 Å². The highest BCUT2D eigenvalue weighted by Gasteiger charge is 2.23. The van der Waals surface area contributed by atoms with Crippen LogP contribution in [0.15, 0.2) is 24.3 Å². The van der Waals surface area contributed by atoms with E-state index in [-0.39, 0.29) is 11.6 Å². The SMILES string of the molecule is COC1CCCC(Oc2ccccc2CNC(C)(C)C)C1. The molecule has 3 nitrogen and oxygen atoms in total. The van der Waals surface area contributed by atoms with Crippen LogP contribution in [-0.4, -0.2) is 24.9 Å². The summed E-state index contributed by atoms with van der Waals surface area (Å²) in [6.07, 6.45) is 5.09. The Morgan fingerprint density at radius 3 is 2.57 bits per heavy atom. The summed E-state index contributed by atoms with van der Waals surface area (Å²) in [6, 6.07) is 8.35. The van der Waals surface area contributed by atoms with Crippen LogP contribution in [0.5, 0.6) is 5.75 Å². The topological polar surface area (TPSA) is 30.5 Å². The maximum absolute atomic E-state index is 6.26. The highest BCUT2D eigenvalue weighted by atomic mass is 16.5. The van der Waals surface area contributed by atoms with E-state index >= 15 is 0 Å². The molecule has 0 bridgehead atoms. The van der Waals surface area contributed by atoms with Gasteiger partial charge in [0.15, 0.2) is 0 Å². The first-order chi connectivity index (χ1) is 9.98. The average molecular weight is 291 g/mol. The highest BCUT2D eigenvalue weighted by molar-refractivity contribution is 5.33. The van der Waals surface area contributed by atoms with Crippen molar-refractivity contribution in [3.8, 4) is 5.75 Å². The molecular weight excluding hydrogens is 262 g/mol. The fourth-order valence-corrected chi connectivity index (χ4v) is 2.73. The van der Waals surface area contributed by atoms with E-state index < -0.39 is 0 Å². The second-order valence-corrected chi connectivity index (χ2v) is 6.98. The lowest BCUT2D eigenvalue weighted by atomic mass is 9.95. The Hall–Kier alpha value is -1.06. The number of nitrogens with one attached hydrogen (secondary N) is 1. The first-order valence-corrected chi connectivity index (χ1v) is 8.00. The normalized spacial score (nSPS) is 23.0. The predicted molar refractivity (Wildman–Crippen MR) is 86.7 cm³/mol. The molecule has 0 heterocycles. The van der Waals surface area contributed by atoms with Gasteiger partial charge >= 0.3 is 0 Å². The molecule has 21 heavy (non-hydrogen) atoms. The second kappa shape index (κ2) is 7.28. The van der Waals surface area contributed by atoms with E-state index in [0.29, 0.717) is 6.10 Å². The smallest absolute Gasteiger partial charge is 0.124 e. The van der Waals surface area contributed by atoms with Gasteiger partial charge in [-0.15, -0.1) is 0 Å². The van der Waals surface area contributed by atoms with Crippen molar-refractivity contribution in [3.05, 3.63) is 29.8 Å². The molecule has 0 aliphatic heterocycles. The van der Waals surface area contributed by atoms with E-state index in [0.717, 1.165) is 31.6 Å². The molecule has 1 aromatic rings. The van der Waals surface area contributed by atoms with Crippen molar-refractivity contribution >= 4 is 0 Å². The Morgan fingerprint density at radius 2 is 1.86 bits per heavy atom. The molecule has 0 aromatic heterocycles. The van der Waals surface area contributed by atoms with E-state index in [1.807, 2.05) is 6.07 Å². The minimum atomic E-state index is 0.110. The minimum Gasteiger partial charge on any atom is -0.490 e. The van der Waals surface area contributed by atoms with Crippen molar-refractivity contribution in [1.82, 2.24) is 5.32 Å². The molecule has 2 atom stereocenters. The van der Waals surface area contributed by atoms with Gasteiger partial charge in [0.2, 0.25) is 0 Å². The Labute approximate surface area is 129 Å². The van der Waals surface area contributed by atoms with Crippen LogP contribution in [0.3, 0.4) is 0 Å². The lowest BCUT2D eigenvalue weighted by molar-refractivity contribution is 0.0206. The predicted octanol–water partition coefficient (Wildman–Crippen LogP) is 3.91. The number of methoxy groups -OCH3 is 1. The van der Waals surface area contributed by atoms with Crippen molar-refractivity contribution in [2.45, 2.75) is 70.7 Å². The molecule has 3 heteroatoms. The van der Waals surface area contributed by atoms with E-state index in [9.17, 15) is 0 Å². The van der Waals surface area contributed by atoms with Gasteiger partial charge in [0, 0.05) is 31.2 Å². The van der Waals surface area contributed by atoms with E-state index in [2.05, 4.69) is 44.3 Å². The number of rotatable bonds is 5. The van der Waals surface area contributed by atoms with Crippen molar-refractivity contribution in [2.24, 2.45) is 0 Å². The van der Waals surface area contributed by atoms with Gasteiger partial charge in [0.25, 0.3) is 0 Å². The Balaban J connectivity index is 1.99. The van der Waals surface area contributed by atoms with Crippen LogP contribution in [0, 0.1) is 0 Å². The van der Waals surface area contributed by atoms with E-state index in [1.165, 1.54) is 12.0 Å². The Kier molecular flexibility index (Phi) is 5.65. The number of hydrogen-bond acceptors (Lipinski definition) is 3. The maximum Gasteiger partial charge on any atom is 0.124 e. The van der Waals surface area contributed by atoms with Crippen LogP contribution >= 0.6 is 0 Å². The van der Waals surface area contributed by atoms with Gasteiger partial charge in [0.1, 0.15) is 11.9 Å². The summed E-state index contributed by atoms with van der Waals surface area (Å²) >= 11 is 0. The zero-order chi connectivity index (χ0) is 15.3. The van der Waals surface area contributed by atoms with Gasteiger partial charge in [0.05, 0.1) is 6.10 Å². The average Bonchev–Trinajstić information content (AvgIpc) is 2.46. The maximum atomic E-state index is 6.26. The minimum absolute atomic E-state index is 0.110. The highest BCUT2D eigenvalue weighted by Crippen LogP contribution is 2.27. The third-order valence-corrected chi connectivity index (χ3v) is 3.99. The molecule has 0 saturated heterocycles. The number of hydrogen-bond donors (Lipinski definition) is 1. The Morgan fingerprint density at radius 1 is 1.14 bits per heavy atom. The first kappa shape index (κ1) is 16.3. The fraction of sp³-hybridized carbons (Fsp3) is 0.667. The van der Waals surface area contributed by atoms with Crippen molar-refractivity contribution in [1.29, 1.82) is 0 Å². The molecule has 0 spiro atoms. The van der Waals surface area contributed by atoms with Gasteiger partial charge in [-0.3, -0.25) is 0 Å². The number of para-hydroxylation sites is 1. The van der Waals surface area contributed by atoms with Gasteiger partial charge < -0.3 is 14.8 Å². The molecule has 2 unspecified atom stereocenters. The molecule has 0 amide bonds. The largest absolute Gasteiger partial charge is 0.490 e. The van der Waals surface area contributed by atoms with Crippen LogP contribution in [0.25, 0.3) is 0 Å². The third kappa shape index (κ3) is 5.33. The lowest BCUT2D eigenvalue weighted by Gasteiger charge is -2.29. The molecule has 1 saturated carbocycles. The second-order valence-electron chi connectivity index (χ2n) is 6.98. The van der Waals surface area contributed by atoms with Gasteiger partial charge in [-0.1, -0.05) is 18.2 Å². The summed E-state index contributed by atoms with van der Waals surface area (Å²) in [7, 11) is 1.80. The van der Waals surface area contributed by atoms with Crippen LogP contribution in [0.4, 0.5) is 0 Å². The third-order valence-electron chi connectivity index (χ3n) is 3.99. The van der Waals surface area contributed by atoms with Crippen molar-refractivity contribution in [2.75, 3.05) is 7.11 Å². The Bertz CT molecular complexity index is 439. The molecule has 1 aliphatic carbocycles. The zero-order valence-electron chi connectivity index (χ0n) is 13.8. The standard InChI is InChI=1S/C18H29NO2/c1-18(2,3)19-13-14-8-5-6-11-17(14)21-16-10-7-9-15(12-16)20-4/h5-6,8,11,15-16,19H,7,9-10,12-13H2,1-4H3. The van der Waals surface area contributed by atoms with Gasteiger partial charge in [-0.25, -0.2) is 0 Å². The van der Waals surface area contributed by atoms with Crippen molar-refractivity contribution in [3.63, 3.8) is 0 Å². The molecule has 1 aliphatic rings. The zero-order valence-corrected chi connectivity index (χ0v) is 13.8. The molecule has 2 rings (SSSR count). The quantitative estimate of drug-likeness (QED) is 0.892. The molecular formula is C18H29NO2. The molecule has 0 radical (unpaired) electrons. The monoisotopic (exact) mass is 291 g/mol. The summed E-state index contributed by atoms with van der Waals surface area (Å²) in [5.41, 5.74) is 1.34. The molecule has 1 fully saturated rings. The first-order valence-electron chi connectivity index (χ1n) is 8.00. The van der Waals surface area contributed by atoms with Crippen LogP contribution < -0.4 is 10.1 Å². The van der Waals surface area contributed by atoms with Crippen LogP contribution in [0.2, 0.25) is 0 Å². The summed E-state index contributed by atoms with van der Waals surface area (Å²) < 4.78 is 11.8. The van der Waals surface area contributed by atoms with Gasteiger partial charge in [-0.05, 0) is 46.1 Å².